The molecule has 2 aliphatic rings. The van der Waals surface area contributed by atoms with E-state index < -0.39 is 0 Å². The number of fused-ring (bicyclic) bond motifs is 9. The van der Waals surface area contributed by atoms with Gasteiger partial charge < -0.3 is 4.42 Å². The van der Waals surface area contributed by atoms with Crippen molar-refractivity contribution in [3.8, 4) is 51.0 Å². The molecule has 306 valence electrons. The molecule has 1 fully saturated rings. The molecule has 5 heteroatoms. The maximum absolute atomic E-state index is 6.32. The summed E-state index contributed by atoms with van der Waals surface area (Å²) in [7, 11) is 0. The Bertz CT molecular complexity index is 3650. The third-order valence-corrected chi connectivity index (χ3v) is 12.7. The van der Waals surface area contributed by atoms with E-state index in [9.17, 15) is 0 Å². The van der Waals surface area contributed by atoms with Crippen LogP contribution in [-0.4, -0.2) is 19.5 Å². The molecule has 0 amide bonds. The minimum atomic E-state index is 0.569. The standard InChI is InChI=1S/C56H36N4O.C3H8/c1-2-11-36(12-3-1)54-57-55(37-22-20-34(21-23-37)39-24-25-40-32-43(40)31-39)59-56(58-54)60-49-29-27-35-10-4-5-15-44(35)52(49)48-18-9-17-45(53(48)60)42-14-8-13-38(30-42)41-26-28-47-46-16-6-7-19-50(46)61-51(47)33-41;1-3-2/h1-31,33,40,43H,32H2;3H2,1-2H3. The van der Waals surface area contributed by atoms with Gasteiger partial charge in [-0.2, -0.15) is 9.97 Å². The van der Waals surface area contributed by atoms with E-state index in [4.69, 9.17) is 19.4 Å². The zero-order chi connectivity index (χ0) is 42.7. The van der Waals surface area contributed by atoms with Gasteiger partial charge in [-0.1, -0.05) is 184 Å². The molecule has 8 aromatic carbocycles. The van der Waals surface area contributed by atoms with E-state index in [0.29, 0.717) is 23.5 Å². The van der Waals surface area contributed by atoms with Crippen LogP contribution in [-0.2, 0) is 0 Å². The molecule has 11 aromatic rings. The molecule has 2 aliphatic carbocycles. The summed E-state index contributed by atoms with van der Waals surface area (Å²) < 4.78 is 8.57. The van der Waals surface area contributed by atoms with Crippen LogP contribution in [0, 0.1) is 11.8 Å². The lowest BCUT2D eigenvalue weighted by atomic mass is 9.96. The zero-order valence-corrected chi connectivity index (χ0v) is 35.7. The predicted octanol–water partition coefficient (Wildman–Crippen LogP) is 15.7. The zero-order valence-electron chi connectivity index (χ0n) is 35.7. The van der Waals surface area contributed by atoms with Crippen molar-refractivity contribution < 1.29 is 4.42 Å². The van der Waals surface area contributed by atoms with Gasteiger partial charge in [0.2, 0.25) is 5.95 Å². The van der Waals surface area contributed by atoms with Crippen LogP contribution in [0.5, 0.6) is 0 Å². The molecule has 3 aromatic heterocycles. The van der Waals surface area contributed by atoms with Gasteiger partial charge in [-0.3, -0.25) is 4.57 Å². The first-order chi connectivity index (χ1) is 31.6. The van der Waals surface area contributed by atoms with Crippen LogP contribution in [0.2, 0.25) is 0 Å². The molecular weight excluding hydrogens is 781 g/mol. The molecule has 2 atom stereocenters. The highest BCUT2D eigenvalue weighted by atomic mass is 16.3. The van der Waals surface area contributed by atoms with E-state index >= 15 is 0 Å². The highest BCUT2D eigenvalue weighted by Crippen LogP contribution is 2.46. The van der Waals surface area contributed by atoms with E-state index in [1.165, 1.54) is 40.1 Å². The number of nitrogens with zero attached hydrogens (tertiary/aromatic N) is 4. The Labute approximate surface area is 371 Å². The number of hydrogen-bond donors (Lipinski definition) is 0. The topological polar surface area (TPSA) is 56.7 Å². The van der Waals surface area contributed by atoms with E-state index in [-0.39, 0.29) is 0 Å². The van der Waals surface area contributed by atoms with Crippen LogP contribution in [0.3, 0.4) is 0 Å². The third kappa shape index (κ3) is 6.51. The van der Waals surface area contributed by atoms with Crippen LogP contribution in [0.1, 0.15) is 32.3 Å². The molecular formula is C59H44N4O. The average molecular weight is 825 g/mol. The van der Waals surface area contributed by atoms with Crippen LogP contribution in [0.4, 0.5) is 0 Å². The van der Waals surface area contributed by atoms with E-state index in [1.807, 2.05) is 30.3 Å². The molecule has 0 bridgehead atoms. The summed E-state index contributed by atoms with van der Waals surface area (Å²) in [6.45, 7) is 4.25. The first-order valence-electron chi connectivity index (χ1n) is 22.4. The van der Waals surface area contributed by atoms with Crippen molar-refractivity contribution in [1.29, 1.82) is 0 Å². The number of benzene rings is 8. The Morgan fingerprint density at radius 1 is 0.516 bits per heavy atom. The fraction of sp³-hybridized carbons (Fsp3) is 0.102. The fourth-order valence-electron chi connectivity index (χ4n) is 9.52. The second-order valence-electron chi connectivity index (χ2n) is 17.1. The minimum Gasteiger partial charge on any atom is -0.456 e. The summed E-state index contributed by atoms with van der Waals surface area (Å²) in [5.74, 6) is 3.23. The first kappa shape index (κ1) is 37.8. The van der Waals surface area contributed by atoms with Gasteiger partial charge in [0.1, 0.15) is 11.2 Å². The summed E-state index contributed by atoms with van der Waals surface area (Å²) in [4.78, 5) is 15.8. The van der Waals surface area contributed by atoms with Crippen LogP contribution < -0.4 is 0 Å². The number of furan rings is 1. The minimum absolute atomic E-state index is 0.569. The van der Waals surface area contributed by atoms with E-state index in [1.54, 1.807) is 0 Å². The van der Waals surface area contributed by atoms with Gasteiger partial charge in [0.25, 0.3) is 0 Å². The summed E-state index contributed by atoms with van der Waals surface area (Å²) in [6.07, 6.45) is 9.57. The predicted molar refractivity (Wildman–Crippen MR) is 265 cm³/mol. The van der Waals surface area contributed by atoms with E-state index in [0.717, 1.165) is 77.7 Å². The molecule has 0 aliphatic heterocycles. The van der Waals surface area contributed by atoms with Crippen molar-refractivity contribution in [2.24, 2.45) is 11.8 Å². The van der Waals surface area contributed by atoms with Gasteiger partial charge in [-0.15, -0.1) is 0 Å². The molecule has 64 heavy (non-hydrogen) atoms. The summed E-state index contributed by atoms with van der Waals surface area (Å²) in [6, 6.07) is 62.2. The first-order valence-corrected chi connectivity index (χ1v) is 22.4. The molecule has 0 spiro atoms. The Morgan fingerprint density at radius 3 is 1.98 bits per heavy atom. The molecule has 1 saturated carbocycles. The van der Waals surface area contributed by atoms with Crippen LogP contribution in [0.15, 0.2) is 199 Å². The summed E-state index contributed by atoms with van der Waals surface area (Å²) in [5, 5.41) is 6.92. The second kappa shape index (κ2) is 15.5. The normalized spacial score (nSPS) is 15.4. The lowest BCUT2D eigenvalue weighted by Gasteiger charge is -2.14. The smallest absolute Gasteiger partial charge is 0.238 e. The van der Waals surface area contributed by atoms with Crippen LogP contribution in [0.25, 0.3) is 111 Å². The summed E-state index contributed by atoms with van der Waals surface area (Å²) in [5.41, 5.74) is 12.6. The van der Waals surface area contributed by atoms with Crippen molar-refractivity contribution in [3.63, 3.8) is 0 Å². The second-order valence-corrected chi connectivity index (χ2v) is 17.1. The van der Waals surface area contributed by atoms with Crippen molar-refractivity contribution in [1.82, 2.24) is 19.5 Å². The third-order valence-electron chi connectivity index (χ3n) is 12.7. The van der Waals surface area contributed by atoms with E-state index in [2.05, 4.69) is 182 Å². The number of hydrogen-bond acceptors (Lipinski definition) is 4. The molecule has 5 nitrogen and oxygen atoms in total. The van der Waals surface area contributed by atoms with Crippen molar-refractivity contribution in [2.45, 2.75) is 26.7 Å². The number of aromatic nitrogens is 4. The molecule has 0 radical (unpaired) electrons. The molecule has 13 rings (SSSR count). The Morgan fingerprint density at radius 2 is 1.16 bits per heavy atom. The van der Waals surface area contributed by atoms with Gasteiger partial charge in [-0.05, 0) is 87.2 Å². The fourth-order valence-corrected chi connectivity index (χ4v) is 9.52. The molecule has 3 heterocycles. The van der Waals surface area contributed by atoms with Crippen LogP contribution >= 0.6 is 0 Å². The van der Waals surface area contributed by atoms with Crippen molar-refractivity contribution >= 4 is 60.1 Å². The monoisotopic (exact) mass is 824 g/mol. The molecule has 0 N–H and O–H groups in total. The quantitative estimate of drug-likeness (QED) is 0.168. The SMILES string of the molecule is C1=CC2CC2C=C1c1ccc(-c2nc(-c3ccccc3)nc(-n3c4ccc5ccccc5c4c4cccc(-c5cccc(-c6ccc7c(c6)oc6ccccc67)c5)c43)n2)cc1.CCC. The lowest BCUT2D eigenvalue weighted by molar-refractivity contribution is 0.669. The maximum Gasteiger partial charge on any atom is 0.238 e. The highest BCUT2D eigenvalue weighted by molar-refractivity contribution is 6.23. The van der Waals surface area contributed by atoms with Gasteiger partial charge in [0.05, 0.1) is 11.0 Å². The van der Waals surface area contributed by atoms with Gasteiger partial charge in [0, 0.05) is 38.2 Å². The highest BCUT2D eigenvalue weighted by Gasteiger charge is 2.35. The molecule has 0 saturated heterocycles. The van der Waals surface area contributed by atoms with Crippen molar-refractivity contribution in [3.05, 3.63) is 200 Å². The Kier molecular flexibility index (Phi) is 9.15. The lowest BCUT2D eigenvalue weighted by Crippen LogP contribution is -2.07. The number of allylic oxidation sites excluding steroid dienone is 4. The Balaban J connectivity index is 0.00000141. The van der Waals surface area contributed by atoms with Gasteiger partial charge in [0.15, 0.2) is 11.6 Å². The molecule has 2 unspecified atom stereocenters. The number of rotatable bonds is 6. The number of para-hydroxylation sites is 2. The maximum atomic E-state index is 6.32. The average Bonchev–Trinajstić information content (AvgIpc) is 3.92. The summed E-state index contributed by atoms with van der Waals surface area (Å²) >= 11 is 0. The van der Waals surface area contributed by atoms with Gasteiger partial charge in [-0.25, -0.2) is 4.98 Å². The largest absolute Gasteiger partial charge is 0.456 e. The van der Waals surface area contributed by atoms with Gasteiger partial charge >= 0.3 is 0 Å². The van der Waals surface area contributed by atoms with Crippen molar-refractivity contribution in [2.75, 3.05) is 0 Å². The Hall–Kier alpha value is -7.89.